The van der Waals surface area contributed by atoms with E-state index in [1.807, 2.05) is 0 Å². The van der Waals surface area contributed by atoms with E-state index in [2.05, 4.69) is 25.8 Å². The summed E-state index contributed by atoms with van der Waals surface area (Å²) >= 11 is 0. The van der Waals surface area contributed by atoms with Crippen LogP contribution >= 0.6 is 0 Å². The van der Waals surface area contributed by atoms with E-state index in [0.717, 1.165) is 0 Å². The number of hydrogen-bond donors (Lipinski definition) is 4. The Morgan fingerprint density at radius 1 is 1.30 bits per heavy atom. The second-order valence-electron chi connectivity index (χ2n) is 4.86. The number of halogens is 1. The van der Waals surface area contributed by atoms with Crippen LogP contribution in [0.2, 0.25) is 0 Å². The van der Waals surface area contributed by atoms with Gasteiger partial charge in [-0.1, -0.05) is 0 Å². The first-order valence-corrected chi connectivity index (χ1v) is 6.93. The maximum absolute atomic E-state index is 12.8. The summed E-state index contributed by atoms with van der Waals surface area (Å²) in [7, 11) is 0. The second kappa shape index (κ2) is 7.34. The van der Waals surface area contributed by atoms with Crippen LogP contribution in [-0.2, 0) is 4.79 Å². The van der Waals surface area contributed by atoms with Gasteiger partial charge in [-0.3, -0.25) is 14.6 Å². The molecule has 23 heavy (non-hydrogen) atoms. The van der Waals surface area contributed by atoms with Crippen molar-refractivity contribution < 1.29 is 14.0 Å². The average Bonchev–Trinajstić information content (AvgIpc) is 2.94. The maximum Gasteiger partial charge on any atom is 0.340 e. The molecule has 2 aromatic rings. The summed E-state index contributed by atoms with van der Waals surface area (Å²) in [6.45, 7) is 1.80. The first-order valence-electron chi connectivity index (χ1n) is 6.93. The number of aromatic nitrogens is 3. The lowest BCUT2D eigenvalue weighted by molar-refractivity contribution is -0.121. The van der Waals surface area contributed by atoms with E-state index in [4.69, 9.17) is 0 Å². The molecule has 122 valence electrons. The summed E-state index contributed by atoms with van der Waals surface area (Å²) in [5, 5.41) is 11.1. The molecule has 0 saturated carbocycles. The van der Waals surface area contributed by atoms with Crippen LogP contribution < -0.4 is 16.3 Å². The van der Waals surface area contributed by atoms with Crippen molar-refractivity contribution in [2.45, 2.75) is 19.4 Å². The molecule has 0 bridgehead atoms. The van der Waals surface area contributed by atoms with Gasteiger partial charge in [0.2, 0.25) is 5.91 Å². The van der Waals surface area contributed by atoms with Gasteiger partial charge in [0, 0.05) is 18.5 Å². The molecule has 0 radical (unpaired) electrons. The molecule has 0 aliphatic carbocycles. The van der Waals surface area contributed by atoms with Crippen LogP contribution in [0.5, 0.6) is 0 Å². The van der Waals surface area contributed by atoms with E-state index in [0.29, 0.717) is 11.4 Å². The van der Waals surface area contributed by atoms with Crippen molar-refractivity contribution in [1.82, 2.24) is 25.8 Å². The fraction of sp³-hybridized carbons (Fsp3) is 0.286. The van der Waals surface area contributed by atoms with Crippen LogP contribution in [0, 0.1) is 5.82 Å². The third-order valence-electron chi connectivity index (χ3n) is 3.05. The van der Waals surface area contributed by atoms with Gasteiger partial charge < -0.3 is 10.6 Å². The summed E-state index contributed by atoms with van der Waals surface area (Å²) in [4.78, 5) is 36.9. The smallest absolute Gasteiger partial charge is 0.340 e. The molecule has 0 aliphatic rings. The fourth-order valence-corrected chi connectivity index (χ4v) is 1.86. The van der Waals surface area contributed by atoms with Crippen molar-refractivity contribution in [3.05, 3.63) is 52.0 Å². The zero-order chi connectivity index (χ0) is 16.8. The largest absolute Gasteiger partial charge is 0.352 e. The second-order valence-corrected chi connectivity index (χ2v) is 4.86. The van der Waals surface area contributed by atoms with E-state index in [1.165, 1.54) is 24.3 Å². The number of hydrogen-bond acceptors (Lipinski definition) is 4. The Morgan fingerprint density at radius 3 is 2.61 bits per heavy atom. The van der Waals surface area contributed by atoms with Gasteiger partial charge in [-0.15, -0.1) is 0 Å². The number of carbonyl (C=O) groups excluding carboxylic acids is 2. The van der Waals surface area contributed by atoms with E-state index >= 15 is 0 Å². The molecule has 0 saturated heterocycles. The van der Waals surface area contributed by atoms with Crippen molar-refractivity contribution in [2.75, 3.05) is 6.54 Å². The van der Waals surface area contributed by atoms with Crippen LogP contribution in [0.1, 0.15) is 35.6 Å². The van der Waals surface area contributed by atoms with E-state index in [1.54, 1.807) is 6.92 Å². The van der Waals surface area contributed by atoms with Gasteiger partial charge in [-0.2, -0.15) is 5.10 Å². The molecule has 1 aromatic carbocycles. The molecule has 2 amide bonds. The minimum absolute atomic E-state index is 0.0614. The number of aromatic amines is 2. The molecule has 1 unspecified atom stereocenters. The number of carbonyl (C=O) groups is 2. The maximum atomic E-state index is 12.8. The van der Waals surface area contributed by atoms with Gasteiger partial charge in [0.05, 0.1) is 6.04 Å². The molecule has 1 heterocycles. The molecule has 0 aliphatic heterocycles. The van der Waals surface area contributed by atoms with Gasteiger partial charge in [0.15, 0.2) is 5.82 Å². The lowest BCUT2D eigenvalue weighted by Crippen LogP contribution is -2.32. The van der Waals surface area contributed by atoms with E-state index < -0.39 is 17.5 Å². The first kappa shape index (κ1) is 16.4. The molecule has 8 nitrogen and oxygen atoms in total. The predicted molar refractivity (Wildman–Crippen MR) is 79.1 cm³/mol. The Morgan fingerprint density at radius 2 is 2.00 bits per heavy atom. The number of nitrogens with zero attached hydrogens (tertiary/aromatic N) is 1. The Bertz CT molecular complexity index is 737. The molecule has 9 heteroatoms. The summed E-state index contributed by atoms with van der Waals surface area (Å²) < 4.78 is 12.8. The van der Waals surface area contributed by atoms with Crippen molar-refractivity contribution in [1.29, 1.82) is 0 Å². The third-order valence-corrected chi connectivity index (χ3v) is 3.05. The molecule has 2 rings (SSSR count). The van der Waals surface area contributed by atoms with E-state index in [9.17, 15) is 18.8 Å². The number of benzene rings is 1. The number of nitrogens with one attached hydrogen (secondary N) is 4. The number of rotatable bonds is 6. The highest BCUT2D eigenvalue weighted by molar-refractivity contribution is 5.94. The molecule has 1 atom stereocenters. The van der Waals surface area contributed by atoms with Crippen LogP contribution in [0.25, 0.3) is 0 Å². The van der Waals surface area contributed by atoms with Crippen LogP contribution in [0.3, 0.4) is 0 Å². The van der Waals surface area contributed by atoms with Crippen LogP contribution in [-0.4, -0.2) is 33.5 Å². The molecular formula is C14H16FN5O3. The lowest BCUT2D eigenvalue weighted by Gasteiger charge is -2.11. The summed E-state index contributed by atoms with van der Waals surface area (Å²) in [5.41, 5.74) is -0.137. The van der Waals surface area contributed by atoms with Crippen molar-refractivity contribution in [2.24, 2.45) is 0 Å². The zero-order valence-electron chi connectivity index (χ0n) is 12.4. The van der Waals surface area contributed by atoms with E-state index in [-0.39, 0.29) is 24.8 Å². The lowest BCUT2D eigenvalue weighted by atomic mass is 10.2. The van der Waals surface area contributed by atoms with Crippen LogP contribution in [0.4, 0.5) is 4.39 Å². The third kappa shape index (κ3) is 4.77. The van der Waals surface area contributed by atoms with Gasteiger partial charge in [-0.25, -0.2) is 14.3 Å². The monoisotopic (exact) mass is 321 g/mol. The van der Waals surface area contributed by atoms with Crippen molar-refractivity contribution in [3.63, 3.8) is 0 Å². The number of H-pyrrole nitrogens is 2. The quantitative estimate of drug-likeness (QED) is 0.609. The average molecular weight is 321 g/mol. The van der Waals surface area contributed by atoms with Crippen molar-refractivity contribution >= 4 is 11.8 Å². The van der Waals surface area contributed by atoms with Gasteiger partial charge in [0.1, 0.15) is 5.82 Å². The first-order chi connectivity index (χ1) is 11.0. The fourth-order valence-electron chi connectivity index (χ4n) is 1.86. The highest BCUT2D eigenvalue weighted by Gasteiger charge is 2.13. The zero-order valence-corrected chi connectivity index (χ0v) is 12.4. The summed E-state index contributed by atoms with van der Waals surface area (Å²) in [6.07, 6.45) is 0.0614. The van der Waals surface area contributed by atoms with Gasteiger partial charge in [-0.05, 0) is 31.2 Å². The van der Waals surface area contributed by atoms with Crippen LogP contribution in [0.15, 0.2) is 29.1 Å². The topological polar surface area (TPSA) is 120 Å². The Kier molecular flexibility index (Phi) is 5.23. The van der Waals surface area contributed by atoms with Gasteiger partial charge >= 0.3 is 5.69 Å². The highest BCUT2D eigenvalue weighted by Crippen LogP contribution is 2.04. The minimum atomic E-state index is -0.464. The summed E-state index contributed by atoms with van der Waals surface area (Å²) in [6, 6.07) is 4.64. The Hall–Kier alpha value is -2.97. The number of amides is 2. The van der Waals surface area contributed by atoms with Crippen molar-refractivity contribution in [3.8, 4) is 0 Å². The Balaban J connectivity index is 1.75. The molecule has 1 aromatic heterocycles. The minimum Gasteiger partial charge on any atom is -0.352 e. The Labute approximate surface area is 130 Å². The molecule has 0 spiro atoms. The van der Waals surface area contributed by atoms with Gasteiger partial charge in [0.25, 0.3) is 5.91 Å². The molecule has 4 N–H and O–H groups in total. The predicted octanol–water partition coefficient (Wildman–Crippen LogP) is 0.234. The molecule has 0 fully saturated rings. The normalized spacial score (nSPS) is 11.7. The SMILES string of the molecule is CC(NC(=O)CCNC(=O)c1ccc(F)cc1)c1n[nH]c(=O)[nH]1. The highest BCUT2D eigenvalue weighted by atomic mass is 19.1. The molecular weight excluding hydrogens is 305 g/mol. The standard InChI is InChI=1S/C14H16FN5O3/c1-8(12-18-14(23)20-19-12)17-11(21)6-7-16-13(22)9-2-4-10(15)5-3-9/h2-5,8H,6-7H2,1H3,(H,16,22)(H,17,21)(H2,18,19,20,23). The summed E-state index contributed by atoms with van der Waals surface area (Å²) in [5.74, 6) is -0.798.